The number of hydrogen-bond donors (Lipinski definition) is 2. The number of carbonyl (C=O) groups excluding carboxylic acids is 1. The number of nitrogens with one attached hydrogen (secondary N) is 1. The number of nitriles is 1. The Morgan fingerprint density at radius 3 is 2.46 bits per heavy atom. The molecule has 3 N–H and O–H groups in total. The minimum atomic E-state index is -0.587. The fourth-order valence-corrected chi connectivity index (χ4v) is 3.63. The van der Waals surface area contributed by atoms with Gasteiger partial charge in [-0.1, -0.05) is 18.2 Å². The molecule has 0 fully saturated rings. The van der Waals surface area contributed by atoms with E-state index < -0.39 is 17.2 Å². The zero-order valence-corrected chi connectivity index (χ0v) is 18.9. The van der Waals surface area contributed by atoms with Crippen LogP contribution in [0.25, 0.3) is 11.4 Å². The van der Waals surface area contributed by atoms with Crippen molar-refractivity contribution in [3.63, 3.8) is 0 Å². The average molecular weight is 471 g/mol. The SMILES string of the molecule is Cc1cc(=O)c(C(=O)NCCCc2nn(-c3ccc(F)cc3)c(N)c2C#N)nn1-c1ccccc1. The second-order valence-corrected chi connectivity index (χ2v) is 7.81. The fourth-order valence-electron chi connectivity index (χ4n) is 3.63. The highest BCUT2D eigenvalue weighted by Crippen LogP contribution is 2.21. The number of para-hydroxylation sites is 1. The van der Waals surface area contributed by atoms with Gasteiger partial charge in [0.25, 0.3) is 5.91 Å². The van der Waals surface area contributed by atoms with E-state index in [0.717, 1.165) is 5.69 Å². The molecule has 1 amide bonds. The number of amides is 1. The number of nitrogens with zero attached hydrogens (tertiary/aromatic N) is 5. The largest absolute Gasteiger partial charge is 0.382 e. The van der Waals surface area contributed by atoms with Crippen LogP contribution in [0.1, 0.15) is 33.9 Å². The maximum absolute atomic E-state index is 13.2. The summed E-state index contributed by atoms with van der Waals surface area (Å²) in [7, 11) is 0. The van der Waals surface area contributed by atoms with E-state index in [1.807, 2.05) is 30.3 Å². The Bertz CT molecular complexity index is 1470. The molecule has 0 unspecified atom stereocenters. The van der Waals surface area contributed by atoms with Crippen molar-refractivity contribution in [3.8, 4) is 17.4 Å². The van der Waals surface area contributed by atoms with Crippen molar-refractivity contribution in [2.45, 2.75) is 19.8 Å². The lowest BCUT2D eigenvalue weighted by Crippen LogP contribution is -2.32. The van der Waals surface area contributed by atoms with Crippen molar-refractivity contribution in [1.82, 2.24) is 24.9 Å². The quantitative estimate of drug-likeness (QED) is 0.399. The molecule has 2 aromatic carbocycles. The van der Waals surface area contributed by atoms with Crippen LogP contribution >= 0.6 is 0 Å². The van der Waals surface area contributed by atoms with Crippen molar-refractivity contribution < 1.29 is 9.18 Å². The summed E-state index contributed by atoms with van der Waals surface area (Å²) in [6.45, 7) is 1.97. The van der Waals surface area contributed by atoms with Gasteiger partial charge in [0.15, 0.2) is 5.69 Å². The van der Waals surface area contributed by atoms with Gasteiger partial charge in [0.05, 0.1) is 17.1 Å². The van der Waals surface area contributed by atoms with Crippen molar-refractivity contribution in [1.29, 1.82) is 5.26 Å². The maximum atomic E-state index is 13.2. The highest BCUT2D eigenvalue weighted by atomic mass is 19.1. The number of rotatable bonds is 7. The first-order valence-electron chi connectivity index (χ1n) is 10.9. The van der Waals surface area contributed by atoms with E-state index in [9.17, 15) is 19.2 Å². The van der Waals surface area contributed by atoms with Gasteiger partial charge in [-0.2, -0.15) is 15.5 Å². The van der Waals surface area contributed by atoms with Crippen molar-refractivity contribution >= 4 is 11.7 Å². The van der Waals surface area contributed by atoms with E-state index in [1.165, 1.54) is 35.0 Å². The molecule has 0 spiro atoms. The molecule has 4 rings (SSSR count). The molecule has 0 aliphatic carbocycles. The first kappa shape index (κ1) is 23.4. The second-order valence-electron chi connectivity index (χ2n) is 7.81. The number of anilines is 1. The number of hydrogen-bond acceptors (Lipinski definition) is 6. The van der Waals surface area contributed by atoms with Crippen LogP contribution in [0.15, 0.2) is 65.5 Å². The number of benzene rings is 2. The molecule has 0 saturated carbocycles. The van der Waals surface area contributed by atoms with Crippen molar-refractivity contribution in [3.05, 3.63) is 99.3 Å². The average Bonchev–Trinajstić information content (AvgIpc) is 3.17. The Morgan fingerprint density at radius 1 is 1.09 bits per heavy atom. The number of aryl methyl sites for hydroxylation is 2. The molecule has 9 nitrogen and oxygen atoms in total. The smallest absolute Gasteiger partial charge is 0.275 e. The molecule has 0 saturated heterocycles. The summed E-state index contributed by atoms with van der Waals surface area (Å²) in [4.78, 5) is 25.0. The highest BCUT2D eigenvalue weighted by Gasteiger charge is 2.18. The van der Waals surface area contributed by atoms with Gasteiger partial charge in [0, 0.05) is 18.3 Å². The van der Waals surface area contributed by atoms with E-state index in [0.29, 0.717) is 29.9 Å². The lowest BCUT2D eigenvalue weighted by molar-refractivity contribution is 0.0945. The van der Waals surface area contributed by atoms with Gasteiger partial charge in [0.2, 0.25) is 5.43 Å². The minimum Gasteiger partial charge on any atom is -0.382 e. The van der Waals surface area contributed by atoms with Crippen LogP contribution < -0.4 is 16.5 Å². The van der Waals surface area contributed by atoms with E-state index in [1.54, 1.807) is 11.6 Å². The predicted octanol–water partition coefficient (Wildman–Crippen LogP) is 2.68. The van der Waals surface area contributed by atoms with Gasteiger partial charge in [-0.15, -0.1) is 0 Å². The summed E-state index contributed by atoms with van der Waals surface area (Å²) in [6, 6.07) is 18.2. The van der Waals surface area contributed by atoms with E-state index in [4.69, 9.17) is 5.73 Å². The Hall–Kier alpha value is -4.78. The molecule has 35 heavy (non-hydrogen) atoms. The summed E-state index contributed by atoms with van der Waals surface area (Å²) in [5.41, 5.74) is 7.96. The third kappa shape index (κ3) is 4.94. The van der Waals surface area contributed by atoms with Gasteiger partial charge in [0.1, 0.15) is 23.3 Å². The van der Waals surface area contributed by atoms with Crippen LogP contribution in [0.2, 0.25) is 0 Å². The zero-order chi connectivity index (χ0) is 24.9. The Morgan fingerprint density at radius 2 is 1.77 bits per heavy atom. The molecule has 10 heteroatoms. The monoisotopic (exact) mass is 471 g/mol. The number of carbonyl (C=O) groups is 1. The molecule has 2 heterocycles. The number of halogens is 1. The Kier molecular flexibility index (Phi) is 6.69. The molecule has 176 valence electrons. The normalized spacial score (nSPS) is 10.7. The van der Waals surface area contributed by atoms with E-state index in [2.05, 4.69) is 21.6 Å². The molecule has 0 aliphatic rings. The van der Waals surface area contributed by atoms with Gasteiger partial charge in [-0.25, -0.2) is 13.8 Å². The highest BCUT2D eigenvalue weighted by molar-refractivity contribution is 5.92. The van der Waals surface area contributed by atoms with Crippen molar-refractivity contribution in [2.75, 3.05) is 12.3 Å². The maximum Gasteiger partial charge on any atom is 0.275 e. The topological polar surface area (TPSA) is 132 Å². The van der Waals surface area contributed by atoms with Crippen LogP contribution in [-0.4, -0.2) is 32.0 Å². The predicted molar refractivity (Wildman–Crippen MR) is 128 cm³/mol. The minimum absolute atomic E-state index is 0.156. The number of nitrogens with two attached hydrogens (primary N) is 1. The number of aromatic nitrogens is 4. The van der Waals surface area contributed by atoms with Crippen molar-refractivity contribution in [2.24, 2.45) is 0 Å². The van der Waals surface area contributed by atoms with Crippen LogP contribution in [0.4, 0.5) is 10.2 Å². The third-order valence-corrected chi connectivity index (χ3v) is 5.38. The molecule has 4 aromatic rings. The molecule has 2 aromatic heterocycles. The molecular formula is C25H22FN7O2. The molecule has 0 aliphatic heterocycles. The van der Waals surface area contributed by atoms with Crippen LogP contribution in [0, 0.1) is 24.1 Å². The Labute approximate surface area is 200 Å². The summed E-state index contributed by atoms with van der Waals surface area (Å²) < 4.78 is 16.2. The van der Waals surface area contributed by atoms with Gasteiger partial charge in [-0.05, 0) is 56.2 Å². The molecule has 0 bridgehead atoms. The van der Waals surface area contributed by atoms with Crippen LogP contribution in [0.5, 0.6) is 0 Å². The molecular weight excluding hydrogens is 449 g/mol. The summed E-state index contributed by atoms with van der Waals surface area (Å²) in [5.74, 6) is -0.824. The molecule has 0 atom stereocenters. The lowest BCUT2D eigenvalue weighted by atomic mass is 10.1. The standard InChI is InChI=1S/C25H22FN7O2/c1-16-14-22(34)23(31-32(16)18-6-3-2-4-7-18)25(35)29-13-5-8-21-20(15-27)24(28)33(30-21)19-11-9-17(26)10-12-19/h2-4,6-7,9-12,14H,5,8,13,28H2,1H3,(H,29,35). The van der Waals surface area contributed by atoms with Crippen LogP contribution in [-0.2, 0) is 6.42 Å². The first-order chi connectivity index (χ1) is 16.9. The third-order valence-electron chi connectivity index (χ3n) is 5.38. The first-order valence-corrected chi connectivity index (χ1v) is 10.9. The van der Waals surface area contributed by atoms with Gasteiger partial charge >= 0.3 is 0 Å². The van der Waals surface area contributed by atoms with E-state index >= 15 is 0 Å². The molecule has 0 radical (unpaired) electrons. The fraction of sp³-hybridized carbons (Fsp3) is 0.160. The van der Waals surface area contributed by atoms with Gasteiger partial charge < -0.3 is 11.1 Å². The summed E-state index contributed by atoms with van der Waals surface area (Å²) >= 11 is 0. The van der Waals surface area contributed by atoms with Gasteiger partial charge in [-0.3, -0.25) is 9.59 Å². The Balaban J connectivity index is 1.44. The second kappa shape index (κ2) is 10.0. The zero-order valence-electron chi connectivity index (χ0n) is 18.9. The summed E-state index contributed by atoms with van der Waals surface area (Å²) in [6.07, 6.45) is 0.802. The summed E-state index contributed by atoms with van der Waals surface area (Å²) in [5, 5.41) is 20.9. The van der Waals surface area contributed by atoms with Crippen LogP contribution in [0.3, 0.4) is 0 Å². The lowest BCUT2D eigenvalue weighted by Gasteiger charge is -2.11. The number of nitrogen functional groups attached to an aromatic ring is 1. The van der Waals surface area contributed by atoms with E-state index in [-0.39, 0.29) is 23.6 Å².